The lowest BCUT2D eigenvalue weighted by Gasteiger charge is -1.97. The quantitative estimate of drug-likeness (QED) is 0.793. The van der Waals surface area contributed by atoms with Crippen molar-refractivity contribution in [1.29, 1.82) is 0 Å². The molecule has 0 radical (unpaired) electrons. The van der Waals surface area contributed by atoms with Crippen LogP contribution in [0, 0.1) is 0 Å². The molecule has 96 valence electrons. The van der Waals surface area contributed by atoms with Crippen molar-refractivity contribution in [3.05, 3.63) is 42.7 Å². The minimum atomic E-state index is -1.34. The first kappa shape index (κ1) is 11.9. The third kappa shape index (κ3) is 2.22. The van der Waals surface area contributed by atoms with Crippen molar-refractivity contribution in [2.45, 2.75) is 10.1 Å². The maximum absolute atomic E-state index is 12.3. The molecule has 0 bridgehead atoms. The van der Waals surface area contributed by atoms with Crippen molar-refractivity contribution in [1.82, 2.24) is 15.0 Å². The van der Waals surface area contributed by atoms with Crippen LogP contribution in [0.15, 0.2) is 52.8 Å². The third-order valence-corrected chi connectivity index (χ3v) is 3.95. The maximum atomic E-state index is 12.3. The van der Waals surface area contributed by atoms with Gasteiger partial charge in [0.25, 0.3) is 0 Å². The van der Waals surface area contributed by atoms with Gasteiger partial charge in [0, 0.05) is 23.4 Å². The van der Waals surface area contributed by atoms with Crippen molar-refractivity contribution < 1.29 is 8.95 Å². The van der Waals surface area contributed by atoms with Crippen molar-refractivity contribution in [3.63, 3.8) is 0 Å². The van der Waals surface area contributed by atoms with Crippen LogP contribution in [-0.2, 0) is 10.8 Å². The lowest BCUT2D eigenvalue weighted by Crippen LogP contribution is -1.94. The van der Waals surface area contributed by atoms with Gasteiger partial charge in [-0.3, -0.25) is 4.98 Å². The number of aromatic amines is 1. The fraction of sp³-hybridized carbons (Fsp3) is 0.0769. The van der Waals surface area contributed by atoms with E-state index < -0.39 is 10.8 Å². The second-order valence-corrected chi connectivity index (χ2v) is 5.27. The first-order valence-electron chi connectivity index (χ1n) is 5.63. The van der Waals surface area contributed by atoms with Crippen LogP contribution in [0.25, 0.3) is 11.0 Å². The van der Waals surface area contributed by atoms with Crippen molar-refractivity contribution in [3.8, 4) is 5.75 Å². The van der Waals surface area contributed by atoms with E-state index in [1.807, 2.05) is 18.2 Å². The molecule has 0 fully saturated rings. The minimum Gasteiger partial charge on any atom is -0.497 e. The zero-order valence-corrected chi connectivity index (χ0v) is 11.0. The first-order valence-corrected chi connectivity index (χ1v) is 6.78. The Bertz CT molecular complexity index is 740. The summed E-state index contributed by atoms with van der Waals surface area (Å²) in [6, 6.07) is 8.91. The zero-order valence-electron chi connectivity index (χ0n) is 10.2. The van der Waals surface area contributed by atoms with Gasteiger partial charge in [-0.25, -0.2) is 9.19 Å². The number of nitrogens with one attached hydrogen (secondary N) is 1. The fourth-order valence-electron chi connectivity index (χ4n) is 1.75. The Kier molecular flexibility index (Phi) is 3.00. The number of methoxy groups -OCH3 is 1. The predicted octanol–water partition coefficient (Wildman–Crippen LogP) is 2.13. The number of H-pyrrole nitrogens is 1. The number of hydrogen-bond donors (Lipinski definition) is 1. The first-order chi connectivity index (χ1) is 9.28. The highest BCUT2D eigenvalue weighted by molar-refractivity contribution is 7.85. The number of imidazole rings is 1. The number of pyridine rings is 1. The van der Waals surface area contributed by atoms with Crippen molar-refractivity contribution in [2.75, 3.05) is 7.11 Å². The van der Waals surface area contributed by atoms with E-state index in [1.165, 1.54) is 0 Å². The van der Waals surface area contributed by atoms with Crippen LogP contribution < -0.4 is 4.74 Å². The maximum Gasteiger partial charge on any atom is 0.202 e. The number of ether oxygens (including phenoxy) is 1. The molecule has 0 spiro atoms. The second kappa shape index (κ2) is 4.81. The normalized spacial score (nSPS) is 12.5. The molecule has 6 heteroatoms. The molecule has 3 rings (SSSR count). The summed E-state index contributed by atoms with van der Waals surface area (Å²) in [5, 5.41) is 0.425. The Morgan fingerprint density at radius 1 is 1.21 bits per heavy atom. The summed E-state index contributed by atoms with van der Waals surface area (Å²) < 4.78 is 17.5. The van der Waals surface area contributed by atoms with E-state index in [2.05, 4.69) is 15.0 Å². The van der Waals surface area contributed by atoms with Crippen molar-refractivity contribution >= 4 is 21.8 Å². The summed E-state index contributed by atoms with van der Waals surface area (Å²) in [4.78, 5) is 12.0. The highest BCUT2D eigenvalue weighted by atomic mass is 32.2. The number of fused-ring (bicyclic) bond motifs is 1. The number of nitrogens with zero attached hydrogens (tertiary/aromatic N) is 2. The molecular weight excluding hydrogens is 262 g/mol. The van der Waals surface area contributed by atoms with Gasteiger partial charge >= 0.3 is 0 Å². The average Bonchev–Trinajstić information content (AvgIpc) is 2.90. The van der Waals surface area contributed by atoms with E-state index in [0.717, 1.165) is 16.8 Å². The Morgan fingerprint density at radius 3 is 2.74 bits per heavy atom. The zero-order chi connectivity index (χ0) is 13.2. The minimum absolute atomic E-state index is 0.425. The topological polar surface area (TPSA) is 67.9 Å². The van der Waals surface area contributed by atoms with Gasteiger partial charge in [0.05, 0.1) is 18.1 Å². The van der Waals surface area contributed by atoms with Gasteiger partial charge in [-0.15, -0.1) is 0 Å². The molecule has 0 saturated heterocycles. The Balaban J connectivity index is 2.04. The Hall–Kier alpha value is -2.21. The van der Waals surface area contributed by atoms with Crippen LogP contribution in [0.3, 0.4) is 0 Å². The van der Waals surface area contributed by atoms with Gasteiger partial charge in [-0.05, 0) is 24.3 Å². The molecule has 1 aromatic carbocycles. The molecule has 1 N–H and O–H groups in total. The molecule has 2 heterocycles. The van der Waals surface area contributed by atoms with Crippen LogP contribution >= 0.6 is 0 Å². The molecule has 0 amide bonds. The molecular formula is C13H11N3O2S. The Morgan fingerprint density at radius 2 is 2.00 bits per heavy atom. The van der Waals surface area contributed by atoms with Crippen LogP contribution in [-0.4, -0.2) is 26.3 Å². The van der Waals surface area contributed by atoms with E-state index in [0.29, 0.717) is 10.1 Å². The fourth-order valence-corrected chi connectivity index (χ4v) is 2.73. The molecule has 5 nitrogen and oxygen atoms in total. The molecule has 1 atom stereocenters. The van der Waals surface area contributed by atoms with E-state index in [-0.39, 0.29) is 0 Å². The molecule has 2 aromatic heterocycles. The molecule has 0 aliphatic rings. The predicted molar refractivity (Wildman–Crippen MR) is 71.6 cm³/mol. The average molecular weight is 273 g/mol. The summed E-state index contributed by atoms with van der Waals surface area (Å²) in [6.07, 6.45) is 3.22. The monoisotopic (exact) mass is 273 g/mol. The van der Waals surface area contributed by atoms with Gasteiger partial charge in [-0.1, -0.05) is 0 Å². The van der Waals surface area contributed by atoms with Gasteiger partial charge in [0.2, 0.25) is 5.16 Å². The standard InChI is InChI=1S/C13H11N3O2S/c1-18-9-2-3-11-12(8-9)16-13(15-11)19(17)10-4-6-14-7-5-10/h2-8H,1H3,(H,15,16). The molecule has 0 saturated carbocycles. The summed E-state index contributed by atoms with van der Waals surface area (Å²) in [6.45, 7) is 0. The summed E-state index contributed by atoms with van der Waals surface area (Å²) in [7, 11) is 0.269. The number of rotatable bonds is 3. The molecule has 1 unspecified atom stereocenters. The van der Waals surface area contributed by atoms with Gasteiger partial charge in [0.1, 0.15) is 16.5 Å². The SMILES string of the molecule is COc1ccc2nc(S(=O)c3ccncc3)[nH]c2c1. The van der Waals surface area contributed by atoms with E-state index in [9.17, 15) is 4.21 Å². The van der Waals surface area contributed by atoms with Crippen LogP contribution in [0.4, 0.5) is 0 Å². The lowest BCUT2D eigenvalue weighted by molar-refractivity contribution is 0.415. The van der Waals surface area contributed by atoms with Gasteiger partial charge in [0.15, 0.2) is 0 Å². The number of benzene rings is 1. The Labute approximate surface area is 112 Å². The van der Waals surface area contributed by atoms with Crippen LogP contribution in [0.5, 0.6) is 5.75 Å². The number of aromatic nitrogens is 3. The molecule has 0 aliphatic heterocycles. The highest BCUT2D eigenvalue weighted by Crippen LogP contribution is 2.21. The lowest BCUT2D eigenvalue weighted by atomic mass is 10.3. The van der Waals surface area contributed by atoms with Crippen molar-refractivity contribution in [2.24, 2.45) is 0 Å². The van der Waals surface area contributed by atoms with E-state index in [1.54, 1.807) is 31.6 Å². The summed E-state index contributed by atoms with van der Waals surface area (Å²) in [5.41, 5.74) is 1.56. The highest BCUT2D eigenvalue weighted by Gasteiger charge is 2.12. The number of hydrogen-bond acceptors (Lipinski definition) is 4. The molecule has 3 aromatic rings. The van der Waals surface area contributed by atoms with E-state index >= 15 is 0 Å². The summed E-state index contributed by atoms with van der Waals surface area (Å²) >= 11 is 0. The van der Waals surface area contributed by atoms with Gasteiger partial charge < -0.3 is 9.72 Å². The molecule has 0 aliphatic carbocycles. The van der Waals surface area contributed by atoms with Gasteiger partial charge in [-0.2, -0.15) is 0 Å². The van der Waals surface area contributed by atoms with Crippen LogP contribution in [0.1, 0.15) is 0 Å². The summed E-state index contributed by atoms with van der Waals surface area (Å²) in [5.74, 6) is 0.734. The molecule has 19 heavy (non-hydrogen) atoms. The smallest absolute Gasteiger partial charge is 0.202 e. The third-order valence-electron chi connectivity index (χ3n) is 2.71. The second-order valence-electron chi connectivity index (χ2n) is 3.88. The largest absolute Gasteiger partial charge is 0.497 e. The van der Waals surface area contributed by atoms with Crippen LogP contribution in [0.2, 0.25) is 0 Å². The van der Waals surface area contributed by atoms with E-state index in [4.69, 9.17) is 4.74 Å².